The van der Waals surface area contributed by atoms with Gasteiger partial charge in [-0.3, -0.25) is 0 Å². The second-order valence-electron chi connectivity index (χ2n) is 12.0. The van der Waals surface area contributed by atoms with Gasteiger partial charge in [0.05, 0.1) is 0 Å². The standard InChI is InChI=1S/C44H26S2/c1-2-11-28(12-3-1)38-26-45-44-36(38)23-24-39-43(44)37-22-21-29(25-40(37)46-39)41-32-16-6-8-18-34(32)42(35-19-9-7-17-33(35)41)31-20-10-14-27-13-4-5-15-30(27)31/h1-26H. The largest absolute Gasteiger partial charge is 0.142 e. The molecule has 46 heavy (non-hydrogen) atoms. The van der Waals surface area contributed by atoms with Gasteiger partial charge in [-0.25, -0.2) is 0 Å². The summed E-state index contributed by atoms with van der Waals surface area (Å²) >= 11 is 3.78. The molecule has 2 heterocycles. The Kier molecular flexibility index (Phi) is 5.72. The summed E-state index contributed by atoms with van der Waals surface area (Å²) in [6, 6.07) is 55.9. The molecule has 0 aliphatic heterocycles. The van der Waals surface area contributed by atoms with E-state index < -0.39 is 0 Å². The summed E-state index contributed by atoms with van der Waals surface area (Å²) in [5, 5.41) is 14.1. The maximum absolute atomic E-state index is 2.43. The van der Waals surface area contributed by atoms with Crippen LogP contribution in [0, 0.1) is 0 Å². The number of hydrogen-bond donors (Lipinski definition) is 0. The Morgan fingerprint density at radius 1 is 0.370 bits per heavy atom. The Morgan fingerprint density at radius 3 is 1.76 bits per heavy atom. The zero-order valence-corrected chi connectivity index (χ0v) is 26.5. The van der Waals surface area contributed by atoms with E-state index >= 15 is 0 Å². The second kappa shape index (κ2) is 10.1. The van der Waals surface area contributed by atoms with Crippen LogP contribution < -0.4 is 0 Å². The van der Waals surface area contributed by atoms with Gasteiger partial charge in [0.1, 0.15) is 0 Å². The van der Waals surface area contributed by atoms with Gasteiger partial charge >= 0.3 is 0 Å². The second-order valence-corrected chi connectivity index (χ2v) is 14.0. The van der Waals surface area contributed by atoms with Crippen LogP contribution in [-0.2, 0) is 0 Å². The molecular formula is C44H26S2. The van der Waals surface area contributed by atoms with Crippen LogP contribution in [0.4, 0.5) is 0 Å². The van der Waals surface area contributed by atoms with Crippen molar-refractivity contribution in [1.29, 1.82) is 0 Å². The number of benzene rings is 8. The maximum Gasteiger partial charge on any atom is 0.0442 e. The minimum Gasteiger partial charge on any atom is -0.142 e. The van der Waals surface area contributed by atoms with Crippen molar-refractivity contribution in [1.82, 2.24) is 0 Å². The molecule has 0 saturated heterocycles. The predicted molar refractivity (Wildman–Crippen MR) is 204 cm³/mol. The maximum atomic E-state index is 2.43. The van der Waals surface area contributed by atoms with E-state index in [1.807, 2.05) is 22.7 Å². The van der Waals surface area contributed by atoms with Gasteiger partial charge in [-0.1, -0.05) is 140 Å². The first-order chi connectivity index (χ1) is 22.8. The van der Waals surface area contributed by atoms with E-state index in [1.165, 1.54) is 96.0 Å². The molecule has 0 unspecified atom stereocenters. The smallest absolute Gasteiger partial charge is 0.0442 e. The molecule has 2 aromatic heterocycles. The topological polar surface area (TPSA) is 0 Å². The van der Waals surface area contributed by atoms with Gasteiger partial charge in [0.2, 0.25) is 0 Å². The minimum atomic E-state index is 1.27. The van der Waals surface area contributed by atoms with E-state index in [0.717, 1.165) is 0 Å². The van der Waals surface area contributed by atoms with Crippen molar-refractivity contribution >= 4 is 85.2 Å². The number of thiophene rings is 2. The average molecular weight is 619 g/mol. The van der Waals surface area contributed by atoms with Crippen molar-refractivity contribution in [3.05, 3.63) is 157 Å². The van der Waals surface area contributed by atoms with Crippen LogP contribution in [0.5, 0.6) is 0 Å². The lowest BCUT2D eigenvalue weighted by molar-refractivity contribution is 1.69. The van der Waals surface area contributed by atoms with Crippen LogP contribution in [0.2, 0.25) is 0 Å². The first-order valence-corrected chi connectivity index (χ1v) is 17.4. The Morgan fingerprint density at radius 2 is 1.00 bits per heavy atom. The molecule has 0 bridgehead atoms. The summed E-state index contributed by atoms with van der Waals surface area (Å²) in [4.78, 5) is 0. The predicted octanol–water partition coefficient (Wildman–Crippen LogP) is 13.7. The molecule has 0 saturated carbocycles. The zero-order chi connectivity index (χ0) is 30.2. The molecule has 0 radical (unpaired) electrons. The Balaban J connectivity index is 1.24. The molecule has 10 aromatic rings. The van der Waals surface area contributed by atoms with Gasteiger partial charge in [-0.05, 0) is 77.6 Å². The van der Waals surface area contributed by atoms with Gasteiger partial charge < -0.3 is 0 Å². The van der Waals surface area contributed by atoms with Crippen LogP contribution >= 0.6 is 22.7 Å². The van der Waals surface area contributed by atoms with Gasteiger partial charge in [0.15, 0.2) is 0 Å². The van der Waals surface area contributed by atoms with Crippen molar-refractivity contribution in [2.24, 2.45) is 0 Å². The van der Waals surface area contributed by atoms with Crippen LogP contribution in [0.3, 0.4) is 0 Å². The van der Waals surface area contributed by atoms with Gasteiger partial charge in [0, 0.05) is 35.8 Å². The fourth-order valence-corrected chi connectivity index (χ4v) is 9.88. The lowest BCUT2D eigenvalue weighted by Crippen LogP contribution is -1.91. The summed E-state index contributed by atoms with van der Waals surface area (Å²) in [5.41, 5.74) is 7.77. The molecule has 0 atom stereocenters. The monoisotopic (exact) mass is 618 g/mol. The molecule has 0 spiro atoms. The molecule has 214 valence electrons. The molecule has 0 nitrogen and oxygen atoms in total. The van der Waals surface area contributed by atoms with Crippen LogP contribution in [0.1, 0.15) is 0 Å². The molecule has 0 aliphatic carbocycles. The summed E-state index contributed by atoms with van der Waals surface area (Å²) in [5.74, 6) is 0. The fraction of sp³-hybridized carbons (Fsp3) is 0. The van der Waals surface area contributed by atoms with Gasteiger partial charge in [-0.2, -0.15) is 0 Å². The number of hydrogen-bond acceptors (Lipinski definition) is 2. The highest BCUT2D eigenvalue weighted by atomic mass is 32.1. The summed E-state index contributed by atoms with van der Waals surface area (Å²) in [6.07, 6.45) is 0. The lowest BCUT2D eigenvalue weighted by atomic mass is 9.84. The van der Waals surface area contributed by atoms with Crippen molar-refractivity contribution in [2.75, 3.05) is 0 Å². The quantitative estimate of drug-likeness (QED) is 0.173. The van der Waals surface area contributed by atoms with Gasteiger partial charge in [-0.15, -0.1) is 22.7 Å². The Bertz CT molecular complexity index is 2740. The normalized spacial score (nSPS) is 11.9. The molecule has 8 aromatic carbocycles. The van der Waals surface area contributed by atoms with Crippen LogP contribution in [0.25, 0.3) is 96.0 Å². The SMILES string of the molecule is c1ccc(-c2csc3c2ccc2sc4cc(-c5c6ccccc6c(-c6cccc7ccccc67)c6ccccc56)ccc4c23)cc1. The van der Waals surface area contributed by atoms with Crippen molar-refractivity contribution < 1.29 is 0 Å². The fourth-order valence-electron chi connectivity index (χ4n) is 7.52. The molecular weight excluding hydrogens is 593 g/mol. The lowest BCUT2D eigenvalue weighted by Gasteiger charge is -2.18. The van der Waals surface area contributed by atoms with Crippen LogP contribution in [-0.4, -0.2) is 0 Å². The van der Waals surface area contributed by atoms with Crippen molar-refractivity contribution in [3.63, 3.8) is 0 Å². The van der Waals surface area contributed by atoms with Crippen LogP contribution in [0.15, 0.2) is 157 Å². The third kappa shape index (κ3) is 3.78. The van der Waals surface area contributed by atoms with E-state index in [4.69, 9.17) is 0 Å². The molecule has 10 rings (SSSR count). The van der Waals surface area contributed by atoms with E-state index in [0.29, 0.717) is 0 Å². The Labute approximate surface area is 274 Å². The molecule has 0 amide bonds. The highest BCUT2D eigenvalue weighted by Gasteiger charge is 2.19. The molecule has 0 fully saturated rings. The third-order valence-electron chi connectivity index (χ3n) is 9.54. The van der Waals surface area contributed by atoms with E-state index in [1.54, 1.807) is 0 Å². The summed E-state index contributed by atoms with van der Waals surface area (Å²) in [6.45, 7) is 0. The van der Waals surface area contributed by atoms with E-state index in [-0.39, 0.29) is 0 Å². The molecule has 0 aliphatic rings. The van der Waals surface area contributed by atoms with Crippen molar-refractivity contribution in [2.45, 2.75) is 0 Å². The highest BCUT2D eigenvalue weighted by Crippen LogP contribution is 2.48. The first-order valence-electron chi connectivity index (χ1n) is 15.7. The number of rotatable bonds is 3. The minimum absolute atomic E-state index is 1.27. The number of fused-ring (bicyclic) bond motifs is 8. The van der Waals surface area contributed by atoms with Crippen molar-refractivity contribution in [3.8, 4) is 33.4 Å². The van der Waals surface area contributed by atoms with Gasteiger partial charge in [0.25, 0.3) is 0 Å². The molecule has 2 heteroatoms. The summed E-state index contributed by atoms with van der Waals surface area (Å²) in [7, 11) is 0. The average Bonchev–Trinajstić information content (AvgIpc) is 3.72. The first kappa shape index (κ1) is 26.0. The van der Waals surface area contributed by atoms with E-state index in [9.17, 15) is 0 Å². The molecule has 0 N–H and O–H groups in total. The Hall–Kier alpha value is -5.28. The highest BCUT2D eigenvalue weighted by molar-refractivity contribution is 7.27. The zero-order valence-electron chi connectivity index (χ0n) is 24.8. The van der Waals surface area contributed by atoms with E-state index in [2.05, 4.69) is 157 Å². The summed E-state index contributed by atoms with van der Waals surface area (Å²) < 4.78 is 4.06. The third-order valence-corrected chi connectivity index (χ3v) is 11.7.